The highest BCUT2D eigenvalue weighted by Gasteiger charge is 2.19. The normalized spacial score (nSPS) is 35.1. The molecule has 0 bridgehead atoms. The van der Waals surface area contributed by atoms with Crippen LogP contribution in [0, 0.1) is 0 Å². The molecular formula is C10H18O2S. The minimum absolute atomic E-state index is 0.534. The third-order valence-corrected chi connectivity index (χ3v) is 4.07. The first-order valence-corrected chi connectivity index (χ1v) is 6.31. The summed E-state index contributed by atoms with van der Waals surface area (Å²) in [5, 5.41) is 0.734. The molecule has 2 rings (SSSR count). The molecule has 0 N–H and O–H groups in total. The van der Waals surface area contributed by atoms with Crippen LogP contribution in [-0.2, 0) is 9.47 Å². The van der Waals surface area contributed by atoms with Crippen molar-refractivity contribution < 1.29 is 9.47 Å². The Hall–Kier alpha value is 0.270. The van der Waals surface area contributed by atoms with Crippen molar-refractivity contribution in [2.75, 3.05) is 25.6 Å². The van der Waals surface area contributed by atoms with Crippen molar-refractivity contribution in [2.45, 2.75) is 37.0 Å². The van der Waals surface area contributed by atoms with Gasteiger partial charge in [0.05, 0.1) is 12.7 Å². The Kier molecular flexibility index (Phi) is 3.94. The maximum absolute atomic E-state index is 5.58. The Balaban J connectivity index is 1.60. The lowest BCUT2D eigenvalue weighted by Gasteiger charge is -2.22. The highest BCUT2D eigenvalue weighted by atomic mass is 32.2. The molecule has 0 saturated carbocycles. The summed E-state index contributed by atoms with van der Waals surface area (Å²) in [6, 6.07) is 0. The molecule has 3 heteroatoms. The van der Waals surface area contributed by atoms with E-state index >= 15 is 0 Å². The first-order chi connectivity index (χ1) is 6.45. The summed E-state index contributed by atoms with van der Waals surface area (Å²) in [6.07, 6.45) is 5.63. The summed E-state index contributed by atoms with van der Waals surface area (Å²) in [5.41, 5.74) is 0. The molecule has 0 aromatic heterocycles. The summed E-state index contributed by atoms with van der Waals surface area (Å²) in [6.45, 7) is 2.90. The molecule has 2 nitrogen and oxygen atoms in total. The molecule has 2 atom stereocenters. The summed E-state index contributed by atoms with van der Waals surface area (Å²) in [7, 11) is 0. The number of thioether (sulfide) groups is 1. The summed E-state index contributed by atoms with van der Waals surface area (Å²) < 4.78 is 11.0. The van der Waals surface area contributed by atoms with Crippen LogP contribution in [0.15, 0.2) is 0 Å². The molecule has 0 amide bonds. The fourth-order valence-electron chi connectivity index (χ4n) is 1.86. The highest BCUT2D eigenvalue weighted by Crippen LogP contribution is 2.24. The van der Waals surface area contributed by atoms with Crippen LogP contribution in [-0.4, -0.2) is 36.9 Å². The topological polar surface area (TPSA) is 18.5 Å². The molecule has 2 saturated heterocycles. The van der Waals surface area contributed by atoms with Crippen molar-refractivity contribution in [2.24, 2.45) is 0 Å². The van der Waals surface area contributed by atoms with Crippen LogP contribution in [0.1, 0.15) is 25.7 Å². The minimum Gasteiger partial charge on any atom is -0.380 e. The second-order valence-electron chi connectivity index (χ2n) is 3.81. The third kappa shape index (κ3) is 3.15. The van der Waals surface area contributed by atoms with Gasteiger partial charge in [-0.05, 0) is 25.7 Å². The van der Waals surface area contributed by atoms with Crippen molar-refractivity contribution in [1.29, 1.82) is 0 Å². The van der Waals surface area contributed by atoms with Gasteiger partial charge in [-0.15, -0.1) is 0 Å². The van der Waals surface area contributed by atoms with Gasteiger partial charge in [0.15, 0.2) is 0 Å². The molecule has 0 spiro atoms. The molecule has 2 aliphatic rings. The molecule has 0 aromatic carbocycles. The predicted octanol–water partition coefficient (Wildman–Crippen LogP) is 2.08. The second kappa shape index (κ2) is 5.23. The number of hydrogen-bond acceptors (Lipinski definition) is 3. The van der Waals surface area contributed by atoms with Crippen molar-refractivity contribution in [1.82, 2.24) is 0 Å². The van der Waals surface area contributed by atoms with Crippen LogP contribution in [0.5, 0.6) is 0 Å². The van der Waals surface area contributed by atoms with Crippen molar-refractivity contribution in [3.63, 3.8) is 0 Å². The molecule has 0 aromatic rings. The quantitative estimate of drug-likeness (QED) is 0.698. The van der Waals surface area contributed by atoms with Gasteiger partial charge in [0.25, 0.3) is 0 Å². The summed E-state index contributed by atoms with van der Waals surface area (Å²) in [5.74, 6) is 1.17. The van der Waals surface area contributed by atoms with E-state index in [-0.39, 0.29) is 0 Å². The smallest absolute Gasteiger partial charge is 0.0666 e. The average molecular weight is 202 g/mol. The van der Waals surface area contributed by atoms with E-state index in [9.17, 15) is 0 Å². The van der Waals surface area contributed by atoms with Crippen LogP contribution in [0.4, 0.5) is 0 Å². The highest BCUT2D eigenvalue weighted by molar-refractivity contribution is 7.99. The lowest BCUT2D eigenvalue weighted by atomic mass is 10.2. The van der Waals surface area contributed by atoms with E-state index in [4.69, 9.17) is 9.47 Å². The summed E-state index contributed by atoms with van der Waals surface area (Å²) >= 11 is 2.04. The predicted molar refractivity (Wildman–Crippen MR) is 55.3 cm³/mol. The molecule has 0 aliphatic carbocycles. The number of hydrogen-bond donors (Lipinski definition) is 0. The van der Waals surface area contributed by atoms with Gasteiger partial charge in [-0.2, -0.15) is 11.8 Å². The van der Waals surface area contributed by atoms with Gasteiger partial charge < -0.3 is 9.47 Å². The fourth-order valence-corrected chi connectivity index (χ4v) is 3.14. The molecule has 2 aliphatic heterocycles. The standard InChI is InChI=1S/C10H18O2S/c1-3-9(12-6-1)8-13-10-4-2-5-11-7-10/h9-10H,1-8H2. The minimum atomic E-state index is 0.534. The Morgan fingerprint density at radius 3 is 2.77 bits per heavy atom. The third-order valence-electron chi connectivity index (χ3n) is 2.66. The Labute approximate surface area is 84.4 Å². The second-order valence-corrected chi connectivity index (χ2v) is 5.14. The van der Waals surface area contributed by atoms with Gasteiger partial charge >= 0.3 is 0 Å². The lowest BCUT2D eigenvalue weighted by molar-refractivity contribution is 0.101. The van der Waals surface area contributed by atoms with Gasteiger partial charge in [0.1, 0.15) is 0 Å². The summed E-state index contributed by atoms with van der Waals surface area (Å²) in [4.78, 5) is 0. The molecule has 2 heterocycles. The number of rotatable bonds is 3. The van der Waals surface area contributed by atoms with E-state index < -0.39 is 0 Å². The van der Waals surface area contributed by atoms with E-state index in [0.29, 0.717) is 6.10 Å². The van der Waals surface area contributed by atoms with Crippen LogP contribution >= 0.6 is 11.8 Å². The molecular weight excluding hydrogens is 184 g/mol. The van der Waals surface area contributed by atoms with E-state index in [0.717, 1.165) is 25.1 Å². The van der Waals surface area contributed by atoms with Crippen LogP contribution < -0.4 is 0 Å². The van der Waals surface area contributed by atoms with Gasteiger partial charge in [-0.25, -0.2) is 0 Å². The largest absolute Gasteiger partial charge is 0.380 e. The number of ether oxygens (including phenoxy) is 2. The van der Waals surface area contributed by atoms with Crippen LogP contribution in [0.3, 0.4) is 0 Å². The van der Waals surface area contributed by atoms with Crippen LogP contribution in [0.2, 0.25) is 0 Å². The Morgan fingerprint density at radius 1 is 1.15 bits per heavy atom. The molecule has 0 radical (unpaired) electrons. The van der Waals surface area contributed by atoms with Crippen molar-refractivity contribution >= 4 is 11.8 Å². The van der Waals surface area contributed by atoms with Crippen LogP contribution in [0.25, 0.3) is 0 Å². The zero-order valence-electron chi connectivity index (χ0n) is 8.04. The van der Waals surface area contributed by atoms with Gasteiger partial charge in [0, 0.05) is 24.2 Å². The first kappa shape index (κ1) is 9.81. The molecule has 13 heavy (non-hydrogen) atoms. The van der Waals surface area contributed by atoms with Crippen molar-refractivity contribution in [3.8, 4) is 0 Å². The van der Waals surface area contributed by atoms with Gasteiger partial charge in [-0.3, -0.25) is 0 Å². The zero-order chi connectivity index (χ0) is 8.93. The Morgan fingerprint density at radius 2 is 2.08 bits per heavy atom. The lowest BCUT2D eigenvalue weighted by Crippen LogP contribution is -2.21. The maximum Gasteiger partial charge on any atom is 0.0666 e. The van der Waals surface area contributed by atoms with E-state index in [1.54, 1.807) is 0 Å². The van der Waals surface area contributed by atoms with Gasteiger partial charge in [-0.1, -0.05) is 0 Å². The first-order valence-electron chi connectivity index (χ1n) is 5.26. The fraction of sp³-hybridized carbons (Fsp3) is 1.00. The average Bonchev–Trinajstić information content (AvgIpc) is 2.69. The molecule has 2 fully saturated rings. The SMILES string of the molecule is C1COC(CSC2CCCOC2)C1. The maximum atomic E-state index is 5.58. The molecule has 2 unspecified atom stereocenters. The molecule has 76 valence electrons. The van der Waals surface area contributed by atoms with E-state index in [2.05, 4.69) is 0 Å². The zero-order valence-corrected chi connectivity index (χ0v) is 8.85. The monoisotopic (exact) mass is 202 g/mol. The van der Waals surface area contributed by atoms with Crippen molar-refractivity contribution in [3.05, 3.63) is 0 Å². The van der Waals surface area contributed by atoms with E-state index in [1.165, 1.54) is 31.4 Å². The Bertz CT molecular complexity index is 140. The van der Waals surface area contributed by atoms with Gasteiger partial charge in [0.2, 0.25) is 0 Å². The van der Waals surface area contributed by atoms with E-state index in [1.807, 2.05) is 11.8 Å².